The van der Waals surface area contributed by atoms with Crippen LogP contribution in [0.1, 0.15) is 18.5 Å². The molecule has 0 aliphatic heterocycles. The maximum Gasteiger partial charge on any atom is 0.313 e. The van der Waals surface area contributed by atoms with Crippen LogP contribution >= 0.6 is 0 Å². The van der Waals surface area contributed by atoms with Gasteiger partial charge in [-0.1, -0.05) is 24.3 Å². The van der Waals surface area contributed by atoms with E-state index in [0.717, 1.165) is 5.56 Å². The first-order valence-corrected chi connectivity index (χ1v) is 6.23. The SMILES string of the molecule is CC(NC(=O)C(=O)Nc1ccccc1)c1cccnc1. The van der Waals surface area contributed by atoms with E-state index >= 15 is 0 Å². The van der Waals surface area contributed by atoms with Gasteiger partial charge in [0.2, 0.25) is 0 Å². The molecule has 1 heterocycles. The first-order valence-electron chi connectivity index (χ1n) is 6.23. The van der Waals surface area contributed by atoms with Gasteiger partial charge in [-0.15, -0.1) is 0 Å². The van der Waals surface area contributed by atoms with E-state index in [0.29, 0.717) is 5.69 Å². The monoisotopic (exact) mass is 269 g/mol. The Bertz CT molecular complexity index is 585. The van der Waals surface area contributed by atoms with Crippen LogP contribution in [-0.2, 0) is 9.59 Å². The van der Waals surface area contributed by atoms with E-state index in [1.165, 1.54) is 0 Å². The highest BCUT2D eigenvalue weighted by Crippen LogP contribution is 2.10. The lowest BCUT2D eigenvalue weighted by Gasteiger charge is -2.13. The summed E-state index contributed by atoms with van der Waals surface area (Å²) in [5.41, 5.74) is 1.43. The number of hydrogen-bond acceptors (Lipinski definition) is 3. The van der Waals surface area contributed by atoms with Crippen LogP contribution in [0.2, 0.25) is 0 Å². The van der Waals surface area contributed by atoms with Gasteiger partial charge in [-0.2, -0.15) is 0 Å². The Hall–Kier alpha value is -2.69. The summed E-state index contributed by atoms with van der Waals surface area (Å²) < 4.78 is 0. The van der Waals surface area contributed by atoms with Crippen molar-refractivity contribution < 1.29 is 9.59 Å². The van der Waals surface area contributed by atoms with Gasteiger partial charge in [-0.25, -0.2) is 0 Å². The Morgan fingerprint density at radius 3 is 2.45 bits per heavy atom. The summed E-state index contributed by atoms with van der Waals surface area (Å²) in [5.74, 6) is -1.36. The van der Waals surface area contributed by atoms with E-state index in [1.54, 1.807) is 49.6 Å². The van der Waals surface area contributed by atoms with Crippen LogP contribution < -0.4 is 10.6 Å². The number of pyridine rings is 1. The average Bonchev–Trinajstić information content (AvgIpc) is 2.49. The number of rotatable bonds is 3. The fourth-order valence-electron chi connectivity index (χ4n) is 1.69. The molecule has 1 unspecified atom stereocenters. The average molecular weight is 269 g/mol. The maximum absolute atomic E-state index is 11.8. The van der Waals surface area contributed by atoms with Crippen molar-refractivity contribution >= 4 is 17.5 Å². The molecule has 5 nitrogen and oxygen atoms in total. The fraction of sp³-hybridized carbons (Fsp3) is 0.133. The molecule has 1 atom stereocenters. The quantitative estimate of drug-likeness (QED) is 0.836. The topological polar surface area (TPSA) is 71.1 Å². The van der Waals surface area contributed by atoms with Crippen LogP contribution in [0.25, 0.3) is 0 Å². The van der Waals surface area contributed by atoms with Crippen molar-refractivity contribution in [2.75, 3.05) is 5.32 Å². The molecule has 5 heteroatoms. The molecule has 0 aliphatic carbocycles. The van der Waals surface area contributed by atoms with Crippen molar-refractivity contribution in [2.45, 2.75) is 13.0 Å². The maximum atomic E-state index is 11.8. The first-order chi connectivity index (χ1) is 9.66. The number of carbonyl (C=O) groups excluding carboxylic acids is 2. The number of nitrogens with one attached hydrogen (secondary N) is 2. The molecular weight excluding hydrogens is 254 g/mol. The predicted octanol–water partition coefficient (Wildman–Crippen LogP) is 1.90. The third kappa shape index (κ3) is 3.65. The lowest BCUT2D eigenvalue weighted by Crippen LogP contribution is -2.36. The van der Waals surface area contributed by atoms with Gasteiger partial charge in [0.15, 0.2) is 0 Å². The number of carbonyl (C=O) groups is 2. The van der Waals surface area contributed by atoms with Crippen molar-refractivity contribution in [1.82, 2.24) is 10.3 Å². The Kier molecular flexibility index (Phi) is 4.44. The Morgan fingerprint density at radius 2 is 1.80 bits per heavy atom. The summed E-state index contributed by atoms with van der Waals surface area (Å²) in [5, 5.41) is 5.16. The second-order valence-corrected chi connectivity index (χ2v) is 4.30. The summed E-state index contributed by atoms with van der Waals surface area (Å²) in [6.45, 7) is 1.80. The van der Waals surface area contributed by atoms with Crippen LogP contribution in [0.15, 0.2) is 54.9 Å². The Labute approximate surface area is 117 Å². The second kappa shape index (κ2) is 6.47. The van der Waals surface area contributed by atoms with E-state index in [4.69, 9.17) is 0 Å². The number of para-hydroxylation sites is 1. The lowest BCUT2D eigenvalue weighted by molar-refractivity contribution is -0.136. The second-order valence-electron chi connectivity index (χ2n) is 4.30. The van der Waals surface area contributed by atoms with Crippen molar-refractivity contribution in [3.8, 4) is 0 Å². The molecule has 0 spiro atoms. The minimum atomic E-state index is -0.688. The minimum Gasteiger partial charge on any atom is -0.341 e. The van der Waals surface area contributed by atoms with Crippen LogP contribution in [0.3, 0.4) is 0 Å². The third-order valence-corrected chi connectivity index (χ3v) is 2.77. The molecule has 2 amide bonds. The van der Waals surface area contributed by atoms with Crippen LogP contribution in [-0.4, -0.2) is 16.8 Å². The molecule has 2 N–H and O–H groups in total. The number of amides is 2. The molecule has 20 heavy (non-hydrogen) atoms. The molecule has 1 aromatic carbocycles. The standard InChI is InChI=1S/C15H15N3O2/c1-11(12-6-5-9-16-10-12)17-14(19)15(20)18-13-7-3-2-4-8-13/h2-11H,1H3,(H,17,19)(H,18,20). The summed E-state index contributed by atoms with van der Waals surface area (Å²) in [7, 11) is 0. The molecule has 0 saturated carbocycles. The van der Waals surface area contributed by atoms with Gasteiger partial charge < -0.3 is 10.6 Å². The smallest absolute Gasteiger partial charge is 0.313 e. The highest BCUT2D eigenvalue weighted by atomic mass is 16.2. The molecule has 0 aliphatic rings. The molecule has 0 saturated heterocycles. The molecule has 102 valence electrons. The van der Waals surface area contributed by atoms with E-state index < -0.39 is 11.8 Å². The zero-order chi connectivity index (χ0) is 14.4. The predicted molar refractivity (Wildman–Crippen MR) is 75.9 cm³/mol. The highest BCUT2D eigenvalue weighted by Gasteiger charge is 2.17. The van der Waals surface area contributed by atoms with Gasteiger partial charge in [0.25, 0.3) is 0 Å². The van der Waals surface area contributed by atoms with Crippen molar-refractivity contribution in [3.05, 3.63) is 60.4 Å². The van der Waals surface area contributed by atoms with Gasteiger partial charge in [0.1, 0.15) is 0 Å². The van der Waals surface area contributed by atoms with Crippen molar-refractivity contribution in [1.29, 1.82) is 0 Å². The number of hydrogen-bond donors (Lipinski definition) is 2. The lowest BCUT2D eigenvalue weighted by atomic mass is 10.1. The van der Waals surface area contributed by atoms with Crippen LogP contribution in [0.5, 0.6) is 0 Å². The molecule has 2 rings (SSSR count). The largest absolute Gasteiger partial charge is 0.341 e. The third-order valence-electron chi connectivity index (χ3n) is 2.77. The number of nitrogens with zero attached hydrogens (tertiary/aromatic N) is 1. The van der Waals surface area contributed by atoms with E-state index in [9.17, 15) is 9.59 Å². The van der Waals surface area contributed by atoms with Gasteiger partial charge in [0.05, 0.1) is 6.04 Å². The molecule has 1 aromatic heterocycles. The minimum absolute atomic E-state index is 0.280. The molecule has 2 aromatic rings. The fourth-order valence-corrected chi connectivity index (χ4v) is 1.69. The first kappa shape index (κ1) is 13.7. The van der Waals surface area contributed by atoms with Gasteiger partial charge >= 0.3 is 11.8 Å². The van der Waals surface area contributed by atoms with Crippen molar-refractivity contribution in [3.63, 3.8) is 0 Å². The van der Waals surface area contributed by atoms with Crippen molar-refractivity contribution in [2.24, 2.45) is 0 Å². The summed E-state index contributed by atoms with van der Waals surface area (Å²) in [6, 6.07) is 12.2. The normalized spacial score (nSPS) is 11.4. The van der Waals surface area contributed by atoms with Gasteiger partial charge in [0, 0.05) is 18.1 Å². The van der Waals surface area contributed by atoms with E-state index in [-0.39, 0.29) is 6.04 Å². The zero-order valence-electron chi connectivity index (χ0n) is 11.0. The van der Waals surface area contributed by atoms with Gasteiger partial charge in [-0.05, 0) is 30.7 Å². The molecular formula is C15H15N3O2. The Balaban J connectivity index is 1.93. The highest BCUT2D eigenvalue weighted by molar-refractivity contribution is 6.39. The van der Waals surface area contributed by atoms with Crippen LogP contribution in [0.4, 0.5) is 5.69 Å². The summed E-state index contributed by atoms with van der Waals surface area (Å²) >= 11 is 0. The number of benzene rings is 1. The number of aromatic nitrogens is 1. The van der Waals surface area contributed by atoms with E-state index in [2.05, 4.69) is 15.6 Å². The molecule has 0 bridgehead atoms. The van der Waals surface area contributed by atoms with Gasteiger partial charge in [-0.3, -0.25) is 14.6 Å². The molecule has 0 fully saturated rings. The summed E-state index contributed by atoms with van der Waals surface area (Å²) in [6.07, 6.45) is 3.31. The zero-order valence-corrected chi connectivity index (χ0v) is 11.0. The molecule has 0 radical (unpaired) electrons. The summed E-state index contributed by atoms with van der Waals surface area (Å²) in [4.78, 5) is 27.5. The number of anilines is 1. The van der Waals surface area contributed by atoms with Crippen LogP contribution in [0, 0.1) is 0 Å². The Morgan fingerprint density at radius 1 is 1.05 bits per heavy atom. The van der Waals surface area contributed by atoms with E-state index in [1.807, 2.05) is 12.1 Å².